The molecule has 0 saturated heterocycles. The van der Waals surface area contributed by atoms with Gasteiger partial charge in [0, 0.05) is 12.2 Å². The van der Waals surface area contributed by atoms with Gasteiger partial charge in [-0.15, -0.1) is 0 Å². The fraction of sp³-hybridized carbons (Fsp3) is 0.417. The van der Waals surface area contributed by atoms with Crippen LogP contribution in [0.15, 0.2) is 18.2 Å². The molecule has 1 aromatic rings. The number of anilines is 1. The smallest absolute Gasteiger partial charge is 0.240 e. The Balaban J connectivity index is 2.29. The zero-order valence-electron chi connectivity index (χ0n) is 9.36. The van der Waals surface area contributed by atoms with E-state index in [1.54, 1.807) is 11.9 Å². The van der Waals surface area contributed by atoms with E-state index in [-0.39, 0.29) is 12.5 Å². The molecule has 0 bridgehead atoms. The third kappa shape index (κ3) is 1.81. The summed E-state index contributed by atoms with van der Waals surface area (Å²) in [4.78, 5) is 13.6. The van der Waals surface area contributed by atoms with Crippen LogP contribution in [0, 0.1) is 0 Å². The van der Waals surface area contributed by atoms with Crippen LogP contribution < -0.4 is 10.2 Å². The molecule has 86 valence electrons. The summed E-state index contributed by atoms with van der Waals surface area (Å²) in [5.41, 5.74) is 2.98. The van der Waals surface area contributed by atoms with E-state index in [9.17, 15) is 9.90 Å². The Hall–Kier alpha value is -1.39. The van der Waals surface area contributed by atoms with E-state index in [2.05, 4.69) is 5.32 Å². The summed E-state index contributed by atoms with van der Waals surface area (Å²) in [6.07, 6.45) is 0.835. The molecule has 0 aliphatic carbocycles. The van der Waals surface area contributed by atoms with Crippen LogP contribution in [-0.2, 0) is 17.8 Å². The molecule has 2 rings (SSSR count). The van der Waals surface area contributed by atoms with Gasteiger partial charge in [0.2, 0.25) is 5.91 Å². The highest BCUT2D eigenvalue weighted by Gasteiger charge is 2.25. The molecule has 0 radical (unpaired) electrons. The fourth-order valence-electron chi connectivity index (χ4n) is 2.16. The van der Waals surface area contributed by atoms with Crippen LogP contribution in [0.4, 0.5) is 5.69 Å². The molecule has 0 saturated carbocycles. The normalized spacial score (nSPS) is 14.0. The first-order valence-electron chi connectivity index (χ1n) is 5.44. The quantitative estimate of drug-likeness (QED) is 0.769. The van der Waals surface area contributed by atoms with E-state index in [0.717, 1.165) is 23.2 Å². The zero-order chi connectivity index (χ0) is 11.5. The molecule has 0 fully saturated rings. The number of carbonyl (C=O) groups is 1. The number of amides is 1. The van der Waals surface area contributed by atoms with E-state index < -0.39 is 0 Å². The number of aliphatic hydroxyl groups is 1. The summed E-state index contributed by atoms with van der Waals surface area (Å²) in [5.74, 6) is 0.0799. The summed E-state index contributed by atoms with van der Waals surface area (Å²) in [6, 6.07) is 5.73. The van der Waals surface area contributed by atoms with Crippen LogP contribution >= 0.6 is 0 Å². The molecule has 4 heteroatoms. The number of fused-ring (bicyclic) bond motifs is 1. The number of rotatable bonds is 3. The van der Waals surface area contributed by atoms with Crippen molar-refractivity contribution in [3.05, 3.63) is 29.3 Å². The van der Waals surface area contributed by atoms with Crippen LogP contribution in [-0.4, -0.2) is 31.2 Å². The predicted molar refractivity (Wildman–Crippen MR) is 62.3 cm³/mol. The number of nitrogens with zero attached hydrogens (tertiary/aromatic N) is 1. The van der Waals surface area contributed by atoms with Gasteiger partial charge in [0.15, 0.2) is 0 Å². The van der Waals surface area contributed by atoms with Crippen molar-refractivity contribution in [2.24, 2.45) is 0 Å². The van der Waals surface area contributed by atoms with Gasteiger partial charge in [-0.25, -0.2) is 0 Å². The molecule has 1 aliphatic rings. The summed E-state index contributed by atoms with van der Waals surface area (Å²) in [7, 11) is 1.76. The number of nitrogens with one attached hydrogen (secondary N) is 1. The largest absolute Gasteiger partial charge is 0.392 e. The van der Waals surface area contributed by atoms with E-state index in [0.29, 0.717) is 13.1 Å². The Morgan fingerprint density at radius 1 is 1.56 bits per heavy atom. The third-order valence-electron chi connectivity index (χ3n) is 2.92. The average Bonchev–Trinajstić information content (AvgIpc) is 2.72. The molecular weight excluding hydrogens is 204 g/mol. The minimum Gasteiger partial charge on any atom is -0.392 e. The van der Waals surface area contributed by atoms with Crippen molar-refractivity contribution >= 4 is 11.6 Å². The van der Waals surface area contributed by atoms with Crippen molar-refractivity contribution in [2.45, 2.75) is 13.0 Å². The lowest BCUT2D eigenvalue weighted by Crippen LogP contribution is -2.35. The monoisotopic (exact) mass is 220 g/mol. The third-order valence-corrected chi connectivity index (χ3v) is 2.92. The summed E-state index contributed by atoms with van der Waals surface area (Å²) < 4.78 is 0. The van der Waals surface area contributed by atoms with E-state index >= 15 is 0 Å². The molecule has 0 unspecified atom stereocenters. The first-order valence-corrected chi connectivity index (χ1v) is 5.44. The van der Waals surface area contributed by atoms with Gasteiger partial charge in [-0.2, -0.15) is 0 Å². The second kappa shape index (κ2) is 4.63. The lowest BCUT2D eigenvalue weighted by atomic mass is 10.1. The first-order chi connectivity index (χ1) is 7.77. The number of likely N-dealkylation sites (N-methyl/N-ethyl adjacent to an activating group) is 1. The number of aliphatic hydroxyl groups excluding tert-OH is 1. The maximum absolute atomic E-state index is 11.8. The van der Waals surface area contributed by atoms with Crippen LogP contribution in [0.25, 0.3) is 0 Å². The van der Waals surface area contributed by atoms with Gasteiger partial charge < -0.3 is 15.3 Å². The lowest BCUT2D eigenvalue weighted by molar-refractivity contribution is -0.117. The second-order valence-corrected chi connectivity index (χ2v) is 3.90. The molecule has 1 heterocycles. The van der Waals surface area contributed by atoms with Crippen molar-refractivity contribution in [1.82, 2.24) is 5.32 Å². The second-order valence-electron chi connectivity index (χ2n) is 3.90. The Labute approximate surface area is 94.9 Å². The van der Waals surface area contributed by atoms with Crippen molar-refractivity contribution in [3.8, 4) is 0 Å². The topological polar surface area (TPSA) is 52.6 Å². The average molecular weight is 220 g/mol. The molecule has 1 amide bonds. The van der Waals surface area contributed by atoms with Crippen LogP contribution in [0.3, 0.4) is 0 Å². The minimum atomic E-state index is 0.0389. The SMILES string of the molecule is CNCC(=O)N1CCc2c(CO)cccc21. The Bertz CT molecular complexity index is 404. The molecular formula is C12H16N2O2. The predicted octanol–water partition coefficient (Wildman–Crippen LogP) is 0.287. The van der Waals surface area contributed by atoms with E-state index in [1.807, 2.05) is 18.2 Å². The molecule has 0 spiro atoms. The highest BCUT2D eigenvalue weighted by molar-refractivity contribution is 5.97. The zero-order valence-corrected chi connectivity index (χ0v) is 9.36. The van der Waals surface area contributed by atoms with Crippen LogP contribution in [0.5, 0.6) is 0 Å². The number of hydrogen-bond acceptors (Lipinski definition) is 3. The highest BCUT2D eigenvalue weighted by atomic mass is 16.3. The standard InChI is InChI=1S/C12H16N2O2/c1-13-7-12(16)14-6-5-10-9(8-15)3-2-4-11(10)14/h2-4,13,15H,5-8H2,1H3. The maximum atomic E-state index is 11.8. The molecule has 1 aliphatic heterocycles. The maximum Gasteiger partial charge on any atom is 0.240 e. The minimum absolute atomic E-state index is 0.0389. The number of hydrogen-bond donors (Lipinski definition) is 2. The lowest BCUT2D eigenvalue weighted by Gasteiger charge is -2.17. The Morgan fingerprint density at radius 3 is 3.06 bits per heavy atom. The van der Waals surface area contributed by atoms with Crippen LogP contribution in [0.2, 0.25) is 0 Å². The van der Waals surface area contributed by atoms with E-state index in [4.69, 9.17) is 0 Å². The first kappa shape index (κ1) is 11.1. The van der Waals surface area contributed by atoms with Gasteiger partial charge in [0.25, 0.3) is 0 Å². The summed E-state index contributed by atoms with van der Waals surface area (Å²) in [6.45, 7) is 1.10. The van der Waals surface area contributed by atoms with Crippen molar-refractivity contribution < 1.29 is 9.90 Å². The van der Waals surface area contributed by atoms with Gasteiger partial charge in [-0.3, -0.25) is 4.79 Å². The molecule has 16 heavy (non-hydrogen) atoms. The Morgan fingerprint density at radius 2 is 2.38 bits per heavy atom. The number of benzene rings is 1. The van der Waals surface area contributed by atoms with Gasteiger partial charge in [0.05, 0.1) is 13.2 Å². The van der Waals surface area contributed by atoms with Gasteiger partial charge in [-0.05, 0) is 30.7 Å². The highest BCUT2D eigenvalue weighted by Crippen LogP contribution is 2.30. The van der Waals surface area contributed by atoms with Crippen molar-refractivity contribution in [2.75, 3.05) is 25.0 Å². The van der Waals surface area contributed by atoms with Gasteiger partial charge >= 0.3 is 0 Å². The fourth-order valence-corrected chi connectivity index (χ4v) is 2.16. The van der Waals surface area contributed by atoms with Crippen LogP contribution in [0.1, 0.15) is 11.1 Å². The summed E-state index contributed by atoms with van der Waals surface area (Å²) >= 11 is 0. The Kier molecular flexibility index (Phi) is 3.22. The van der Waals surface area contributed by atoms with Gasteiger partial charge in [-0.1, -0.05) is 12.1 Å². The van der Waals surface area contributed by atoms with Crippen molar-refractivity contribution in [1.29, 1.82) is 0 Å². The van der Waals surface area contributed by atoms with Crippen molar-refractivity contribution in [3.63, 3.8) is 0 Å². The molecule has 0 aromatic heterocycles. The molecule has 2 N–H and O–H groups in total. The molecule has 1 aromatic carbocycles. The summed E-state index contributed by atoms with van der Waals surface area (Å²) in [5, 5.41) is 12.1. The molecule has 0 atom stereocenters. The number of carbonyl (C=O) groups excluding carboxylic acids is 1. The molecule has 4 nitrogen and oxygen atoms in total. The van der Waals surface area contributed by atoms with Gasteiger partial charge in [0.1, 0.15) is 0 Å². The van der Waals surface area contributed by atoms with E-state index in [1.165, 1.54) is 0 Å².